The predicted molar refractivity (Wildman–Crippen MR) is 227 cm³/mol. The second-order valence-electron chi connectivity index (χ2n) is 14.3. The highest BCUT2D eigenvalue weighted by Gasteiger charge is 2.27. The summed E-state index contributed by atoms with van der Waals surface area (Å²) < 4.78 is 22.0. The Balaban J connectivity index is 4.32. The van der Waals surface area contributed by atoms with Gasteiger partial charge in [0.2, 0.25) is 5.91 Å². The SMILES string of the molecule is CC/C=C\C/C=C\CCCCCCCCCCCCCCC(O)CC(=O)NC(COP(=O)(O)OCCN)C(O)/C=C/CC/C=C/CC/C=C/CCCCC. The van der Waals surface area contributed by atoms with Gasteiger partial charge >= 0.3 is 7.82 Å². The number of rotatable bonds is 39. The molecule has 0 radical (unpaired) electrons. The summed E-state index contributed by atoms with van der Waals surface area (Å²) in [6.07, 6.45) is 46.0. The lowest BCUT2D eigenvalue weighted by molar-refractivity contribution is -0.124. The van der Waals surface area contributed by atoms with E-state index in [0.717, 1.165) is 57.8 Å². The van der Waals surface area contributed by atoms with E-state index in [2.05, 4.69) is 67.8 Å². The fourth-order valence-electron chi connectivity index (χ4n) is 5.89. The van der Waals surface area contributed by atoms with E-state index in [-0.39, 0.29) is 19.6 Å². The first-order valence-corrected chi connectivity index (χ1v) is 23.0. The number of hydrogen-bond acceptors (Lipinski definition) is 7. The number of aliphatic hydroxyl groups excluding tert-OH is 2. The van der Waals surface area contributed by atoms with Gasteiger partial charge in [0, 0.05) is 6.54 Å². The number of phosphoric ester groups is 1. The van der Waals surface area contributed by atoms with Crippen molar-refractivity contribution in [2.24, 2.45) is 5.73 Å². The third kappa shape index (κ3) is 37.1. The molecule has 0 aliphatic carbocycles. The number of nitrogens with two attached hydrogens (primary N) is 1. The Bertz CT molecular complexity index is 1050. The highest BCUT2D eigenvalue weighted by Crippen LogP contribution is 2.43. The lowest BCUT2D eigenvalue weighted by Crippen LogP contribution is -2.46. The molecule has 4 unspecified atom stereocenters. The summed E-state index contributed by atoms with van der Waals surface area (Å²) in [5.74, 6) is -0.464. The Morgan fingerprint density at radius 1 is 0.667 bits per heavy atom. The van der Waals surface area contributed by atoms with Crippen LogP contribution in [0.15, 0.2) is 60.8 Å². The monoisotopic (exact) mass is 781 g/mol. The molecule has 0 aliphatic heterocycles. The molecule has 0 rings (SSSR count). The molecule has 4 atom stereocenters. The van der Waals surface area contributed by atoms with E-state index in [9.17, 15) is 24.5 Å². The highest BCUT2D eigenvalue weighted by atomic mass is 31.2. The molecule has 0 aromatic heterocycles. The number of unbranched alkanes of at least 4 members (excludes halogenated alkanes) is 17. The molecule has 0 bridgehead atoms. The normalized spacial score (nSPS) is 15.3. The van der Waals surface area contributed by atoms with Crippen molar-refractivity contribution in [1.82, 2.24) is 5.32 Å². The summed E-state index contributed by atoms with van der Waals surface area (Å²) in [6.45, 7) is 3.79. The first kappa shape index (κ1) is 52.2. The maximum atomic E-state index is 12.8. The van der Waals surface area contributed by atoms with Crippen molar-refractivity contribution in [3.8, 4) is 0 Å². The van der Waals surface area contributed by atoms with Crippen LogP contribution >= 0.6 is 7.82 Å². The molecule has 0 fully saturated rings. The zero-order valence-electron chi connectivity index (χ0n) is 34.3. The molecule has 54 heavy (non-hydrogen) atoms. The van der Waals surface area contributed by atoms with Crippen LogP contribution in [0.4, 0.5) is 0 Å². The first-order valence-electron chi connectivity index (χ1n) is 21.5. The fraction of sp³-hybridized carbons (Fsp3) is 0.750. The first-order chi connectivity index (χ1) is 26.3. The average Bonchev–Trinajstić information content (AvgIpc) is 3.15. The minimum atomic E-state index is -4.41. The van der Waals surface area contributed by atoms with Gasteiger partial charge in [0.05, 0.1) is 37.9 Å². The topological polar surface area (TPSA) is 151 Å². The van der Waals surface area contributed by atoms with Gasteiger partial charge in [-0.2, -0.15) is 0 Å². The summed E-state index contributed by atoms with van der Waals surface area (Å²) in [6, 6.07) is -1.01. The van der Waals surface area contributed by atoms with E-state index in [0.29, 0.717) is 12.8 Å². The molecule has 0 aromatic carbocycles. The number of carbonyl (C=O) groups is 1. The molecule has 10 heteroatoms. The van der Waals surface area contributed by atoms with Gasteiger partial charge in [0.25, 0.3) is 0 Å². The lowest BCUT2D eigenvalue weighted by Gasteiger charge is -2.24. The van der Waals surface area contributed by atoms with Crippen LogP contribution < -0.4 is 11.1 Å². The van der Waals surface area contributed by atoms with Crippen LogP contribution in [0.5, 0.6) is 0 Å². The highest BCUT2D eigenvalue weighted by molar-refractivity contribution is 7.47. The smallest absolute Gasteiger partial charge is 0.393 e. The Morgan fingerprint density at radius 3 is 1.74 bits per heavy atom. The molecule has 9 nitrogen and oxygen atoms in total. The molecule has 0 aliphatic rings. The molecule has 314 valence electrons. The third-order valence-electron chi connectivity index (χ3n) is 9.11. The maximum absolute atomic E-state index is 12.8. The van der Waals surface area contributed by atoms with Crippen LogP contribution in [0.25, 0.3) is 0 Å². The van der Waals surface area contributed by atoms with Gasteiger partial charge < -0.3 is 26.2 Å². The molecular weight excluding hydrogens is 699 g/mol. The Kier molecular flexibility index (Phi) is 38.1. The minimum absolute atomic E-state index is 0.0401. The largest absolute Gasteiger partial charge is 0.472 e. The van der Waals surface area contributed by atoms with Gasteiger partial charge in [0.1, 0.15) is 0 Å². The Hall–Kier alpha value is -1.84. The maximum Gasteiger partial charge on any atom is 0.472 e. The quantitative estimate of drug-likeness (QED) is 0.0235. The van der Waals surface area contributed by atoms with E-state index in [4.69, 9.17) is 14.8 Å². The summed E-state index contributed by atoms with van der Waals surface area (Å²) >= 11 is 0. The zero-order valence-corrected chi connectivity index (χ0v) is 35.2. The Labute approximate surface area is 330 Å². The van der Waals surface area contributed by atoms with Crippen molar-refractivity contribution in [3.05, 3.63) is 60.8 Å². The predicted octanol–water partition coefficient (Wildman–Crippen LogP) is 10.9. The van der Waals surface area contributed by atoms with Crippen LogP contribution in [0.3, 0.4) is 0 Å². The van der Waals surface area contributed by atoms with Crippen LogP contribution in [-0.4, -0.2) is 59.0 Å². The fourth-order valence-corrected chi connectivity index (χ4v) is 6.65. The number of hydrogen-bond donors (Lipinski definition) is 5. The molecular formula is C44H81N2O7P. The van der Waals surface area contributed by atoms with Crippen molar-refractivity contribution in [2.75, 3.05) is 19.8 Å². The second kappa shape index (κ2) is 39.4. The average molecular weight is 781 g/mol. The van der Waals surface area contributed by atoms with E-state index in [1.165, 1.54) is 83.5 Å². The van der Waals surface area contributed by atoms with E-state index in [1.807, 2.05) is 6.08 Å². The molecule has 0 aromatic rings. The standard InChI is InChI=1S/C44H81N2O7P/c1-3-5-7-9-11-13-15-17-18-19-20-21-22-24-25-27-29-31-33-35-41(47)39-44(49)46-42(40-53-54(50,51)52-38-37-45)43(48)36-34-32-30-28-26-23-16-14-12-10-8-6-4-2/h5,7,11-14,26,28,34,36,41-43,47-48H,3-4,6,8-10,15-25,27,29-33,35,37-40,45H2,1-2H3,(H,46,49)(H,50,51)/b7-5-,13-11-,14-12+,28-26+,36-34+. The van der Waals surface area contributed by atoms with Crippen molar-refractivity contribution >= 4 is 13.7 Å². The summed E-state index contributed by atoms with van der Waals surface area (Å²) in [5.41, 5.74) is 5.35. The minimum Gasteiger partial charge on any atom is -0.393 e. The second-order valence-corrected chi connectivity index (χ2v) is 15.8. The Morgan fingerprint density at radius 2 is 1.17 bits per heavy atom. The van der Waals surface area contributed by atoms with Crippen LogP contribution in [-0.2, 0) is 18.4 Å². The molecule has 0 saturated heterocycles. The number of aliphatic hydroxyl groups is 2. The van der Waals surface area contributed by atoms with Gasteiger partial charge in [-0.1, -0.05) is 158 Å². The third-order valence-corrected chi connectivity index (χ3v) is 10.1. The molecule has 6 N–H and O–H groups in total. The van der Waals surface area contributed by atoms with Gasteiger partial charge in [-0.3, -0.25) is 13.8 Å². The van der Waals surface area contributed by atoms with E-state index in [1.54, 1.807) is 6.08 Å². The number of nitrogens with one attached hydrogen (secondary N) is 1. The van der Waals surface area contributed by atoms with Crippen LogP contribution in [0.2, 0.25) is 0 Å². The van der Waals surface area contributed by atoms with Crippen molar-refractivity contribution in [3.63, 3.8) is 0 Å². The number of carbonyl (C=O) groups excluding carboxylic acids is 1. The van der Waals surface area contributed by atoms with Crippen LogP contribution in [0.1, 0.15) is 174 Å². The van der Waals surface area contributed by atoms with Crippen LogP contribution in [0, 0.1) is 0 Å². The van der Waals surface area contributed by atoms with Gasteiger partial charge in [-0.25, -0.2) is 4.57 Å². The van der Waals surface area contributed by atoms with Crippen molar-refractivity contribution < 1.29 is 33.5 Å². The van der Waals surface area contributed by atoms with Gasteiger partial charge in [-0.05, 0) is 70.6 Å². The summed E-state index contributed by atoms with van der Waals surface area (Å²) in [7, 11) is -4.41. The van der Waals surface area contributed by atoms with E-state index >= 15 is 0 Å². The van der Waals surface area contributed by atoms with Gasteiger partial charge in [-0.15, -0.1) is 0 Å². The summed E-state index contributed by atoms with van der Waals surface area (Å²) in [4.78, 5) is 22.7. The number of allylic oxidation sites excluding steroid dienone is 9. The summed E-state index contributed by atoms with van der Waals surface area (Å²) in [5, 5.41) is 24.0. The zero-order chi connectivity index (χ0) is 39.8. The lowest BCUT2D eigenvalue weighted by atomic mass is 10.0. The number of amides is 1. The van der Waals surface area contributed by atoms with Crippen molar-refractivity contribution in [1.29, 1.82) is 0 Å². The van der Waals surface area contributed by atoms with Crippen molar-refractivity contribution in [2.45, 2.75) is 193 Å². The molecule has 0 saturated carbocycles. The molecule has 0 heterocycles. The van der Waals surface area contributed by atoms with Gasteiger partial charge in [0.15, 0.2) is 0 Å². The number of phosphoric acid groups is 1. The molecule has 0 spiro atoms. The molecule has 1 amide bonds. The van der Waals surface area contributed by atoms with E-state index < -0.39 is 38.6 Å².